The highest BCUT2D eigenvalue weighted by Crippen LogP contribution is 2.40. The van der Waals surface area contributed by atoms with Crippen LogP contribution in [0.3, 0.4) is 0 Å². The zero-order valence-corrected chi connectivity index (χ0v) is 24.1. The van der Waals surface area contributed by atoms with Crippen LogP contribution in [-0.2, 0) is 15.6 Å². The van der Waals surface area contributed by atoms with Crippen LogP contribution in [0, 0.1) is 11.3 Å². The number of benzene rings is 1. The number of ether oxygens (including phenoxy) is 1. The van der Waals surface area contributed by atoms with Gasteiger partial charge in [0.15, 0.2) is 5.78 Å². The number of hydrogen-bond donors (Lipinski definition) is 2. The summed E-state index contributed by atoms with van der Waals surface area (Å²) < 4.78 is 4.82. The fourth-order valence-corrected chi connectivity index (χ4v) is 5.63. The van der Waals surface area contributed by atoms with Gasteiger partial charge >= 0.3 is 5.97 Å². The first-order chi connectivity index (χ1) is 17.2. The molecule has 1 aromatic carbocycles. The number of phenolic OH excluding ortho intramolecular Hbond substituents is 1. The first kappa shape index (κ1) is 28.6. The number of hydrogen-bond acceptors (Lipinski definition) is 6. The summed E-state index contributed by atoms with van der Waals surface area (Å²) in [5, 5.41) is 19.9. The van der Waals surface area contributed by atoms with Crippen molar-refractivity contribution < 1.29 is 19.4 Å². The van der Waals surface area contributed by atoms with Crippen molar-refractivity contribution >= 4 is 35.0 Å². The van der Waals surface area contributed by atoms with E-state index < -0.39 is 0 Å². The molecule has 1 aromatic heterocycles. The Kier molecular flexibility index (Phi) is 8.37. The quantitative estimate of drug-likeness (QED) is 0.307. The lowest BCUT2D eigenvalue weighted by atomic mass is 9.78. The number of ketones is 1. The van der Waals surface area contributed by atoms with E-state index in [-0.39, 0.29) is 40.8 Å². The number of nitrogens with one attached hydrogen (secondary N) is 1. The number of thiophene rings is 1. The van der Waals surface area contributed by atoms with E-state index in [0.717, 1.165) is 34.4 Å². The highest BCUT2D eigenvalue weighted by Gasteiger charge is 2.34. The van der Waals surface area contributed by atoms with Crippen LogP contribution in [0.25, 0.3) is 6.08 Å². The zero-order chi connectivity index (χ0) is 27.7. The van der Waals surface area contributed by atoms with Crippen molar-refractivity contribution in [3.05, 3.63) is 56.3 Å². The van der Waals surface area contributed by atoms with E-state index >= 15 is 0 Å². The fourth-order valence-electron chi connectivity index (χ4n) is 4.75. The van der Waals surface area contributed by atoms with Crippen molar-refractivity contribution in [1.82, 2.24) is 4.90 Å². The Morgan fingerprint density at radius 3 is 2.24 bits per heavy atom. The van der Waals surface area contributed by atoms with E-state index in [1.807, 2.05) is 70.7 Å². The molecule has 0 amide bonds. The van der Waals surface area contributed by atoms with Gasteiger partial charge in [-0.2, -0.15) is 0 Å². The van der Waals surface area contributed by atoms with Gasteiger partial charge in [-0.05, 0) is 47.6 Å². The Morgan fingerprint density at radius 2 is 1.73 bits per heavy atom. The lowest BCUT2D eigenvalue weighted by molar-refractivity contribution is 0.0606. The highest BCUT2D eigenvalue weighted by atomic mass is 32.1. The summed E-state index contributed by atoms with van der Waals surface area (Å²) in [5.74, 6) is 0.309. The number of likely N-dealkylation sites (tertiary alicyclic amines) is 1. The number of phenols is 1. The molecule has 6 nitrogen and oxygen atoms in total. The lowest BCUT2D eigenvalue weighted by Crippen LogP contribution is -2.31. The van der Waals surface area contributed by atoms with Crippen LogP contribution in [0.2, 0.25) is 0 Å². The van der Waals surface area contributed by atoms with Crippen molar-refractivity contribution in [1.29, 1.82) is 5.41 Å². The van der Waals surface area contributed by atoms with Crippen LogP contribution < -0.4 is 0 Å². The molecular formula is C30H40N2O4S. The topological polar surface area (TPSA) is 90.7 Å². The Morgan fingerprint density at radius 1 is 1.14 bits per heavy atom. The summed E-state index contributed by atoms with van der Waals surface area (Å²) in [4.78, 5) is 28.7. The number of aromatic hydroxyl groups is 1. The van der Waals surface area contributed by atoms with Crippen LogP contribution in [-0.4, -0.2) is 47.8 Å². The second-order valence-corrected chi connectivity index (χ2v) is 13.0. The molecule has 0 spiro atoms. The van der Waals surface area contributed by atoms with Crippen LogP contribution in [0.15, 0.2) is 29.8 Å². The second-order valence-electron chi connectivity index (χ2n) is 11.9. The minimum atomic E-state index is -0.369. The molecule has 1 unspecified atom stereocenters. The van der Waals surface area contributed by atoms with E-state index in [4.69, 9.17) is 10.1 Å². The second kappa shape index (κ2) is 10.8. The molecule has 1 aliphatic heterocycles. The molecule has 37 heavy (non-hydrogen) atoms. The maximum absolute atomic E-state index is 13.6. The number of Topliss-reactive ketones (excluding diaryl/α,β-unsaturated/α-hetero) is 1. The van der Waals surface area contributed by atoms with Crippen molar-refractivity contribution in [2.75, 3.05) is 20.2 Å². The van der Waals surface area contributed by atoms with Gasteiger partial charge in [0.05, 0.1) is 13.7 Å². The van der Waals surface area contributed by atoms with E-state index in [9.17, 15) is 14.7 Å². The van der Waals surface area contributed by atoms with E-state index in [1.54, 1.807) is 6.07 Å². The SMILES string of the molecule is CCCC1CN(CC(=O)c2cc(C(C)(C)C)c(O)c(C(C)(C)C)c2)C(=N)C1=Cc1ccc(C(=O)OC)s1. The Bertz CT molecular complexity index is 1190. The standard InChI is InChI=1S/C30H40N2O4S/c1-9-10-18-16-32(27(31)21(18)15-20-11-12-25(37-20)28(35)36-8)17-24(33)19-13-22(29(2,3)4)26(34)23(14-19)30(5,6)7/h11-15,18,31,34H,9-10,16-17H2,1-8H3. The zero-order valence-electron chi connectivity index (χ0n) is 23.3. The first-order valence-electron chi connectivity index (χ1n) is 12.8. The number of carbonyl (C=O) groups is 2. The Balaban J connectivity index is 1.92. The molecule has 2 aromatic rings. The third kappa shape index (κ3) is 6.32. The fraction of sp³-hybridized carbons (Fsp3) is 0.500. The Labute approximate surface area is 224 Å². The summed E-state index contributed by atoms with van der Waals surface area (Å²) in [6, 6.07) is 7.23. The summed E-state index contributed by atoms with van der Waals surface area (Å²) in [5.41, 5.74) is 2.31. The van der Waals surface area contributed by atoms with Gasteiger partial charge in [-0.3, -0.25) is 10.2 Å². The number of methoxy groups -OCH3 is 1. The molecule has 2 heterocycles. The van der Waals surface area contributed by atoms with E-state index in [2.05, 4.69) is 6.92 Å². The molecule has 0 radical (unpaired) electrons. The van der Waals surface area contributed by atoms with Gasteiger partial charge in [-0.1, -0.05) is 54.9 Å². The number of esters is 1. The average molecular weight is 525 g/mol. The third-order valence-electron chi connectivity index (χ3n) is 6.80. The molecule has 200 valence electrons. The van der Waals surface area contributed by atoms with E-state index in [1.165, 1.54) is 18.4 Å². The smallest absolute Gasteiger partial charge is 0.348 e. The normalized spacial score (nSPS) is 17.5. The average Bonchev–Trinajstić information content (AvgIpc) is 3.38. The van der Waals surface area contributed by atoms with Crippen LogP contribution in [0.1, 0.15) is 97.3 Å². The minimum Gasteiger partial charge on any atom is -0.507 e. The summed E-state index contributed by atoms with van der Waals surface area (Å²) in [7, 11) is 1.36. The third-order valence-corrected chi connectivity index (χ3v) is 7.81. The number of carbonyl (C=O) groups excluding carboxylic acids is 2. The van der Waals surface area contributed by atoms with Gasteiger partial charge in [-0.15, -0.1) is 11.3 Å². The number of amidine groups is 1. The molecular weight excluding hydrogens is 484 g/mol. The molecule has 1 aliphatic rings. The highest BCUT2D eigenvalue weighted by molar-refractivity contribution is 7.14. The maximum atomic E-state index is 13.6. The maximum Gasteiger partial charge on any atom is 0.348 e. The molecule has 3 rings (SSSR count). The van der Waals surface area contributed by atoms with Gasteiger partial charge in [0, 0.05) is 39.6 Å². The van der Waals surface area contributed by atoms with Crippen LogP contribution in [0.5, 0.6) is 5.75 Å². The van der Waals surface area contributed by atoms with Gasteiger partial charge in [0.1, 0.15) is 16.5 Å². The molecule has 0 aliphatic carbocycles. The predicted octanol–water partition coefficient (Wildman–Crippen LogP) is 6.81. The van der Waals surface area contributed by atoms with Crippen molar-refractivity contribution in [3.63, 3.8) is 0 Å². The molecule has 1 fully saturated rings. The molecule has 0 bridgehead atoms. The van der Waals surface area contributed by atoms with Gasteiger partial charge in [-0.25, -0.2) is 4.79 Å². The molecule has 2 N–H and O–H groups in total. The molecule has 7 heteroatoms. The number of rotatable bonds is 7. The van der Waals surface area contributed by atoms with E-state index in [0.29, 0.717) is 22.8 Å². The lowest BCUT2D eigenvalue weighted by Gasteiger charge is -2.28. The summed E-state index contributed by atoms with van der Waals surface area (Å²) in [6.45, 7) is 15.0. The summed E-state index contributed by atoms with van der Waals surface area (Å²) >= 11 is 1.34. The minimum absolute atomic E-state index is 0.0682. The number of nitrogens with zero attached hydrogens (tertiary/aromatic N) is 1. The largest absolute Gasteiger partial charge is 0.507 e. The molecule has 0 saturated carbocycles. The van der Waals surface area contributed by atoms with Crippen LogP contribution >= 0.6 is 11.3 Å². The van der Waals surface area contributed by atoms with Gasteiger partial charge in [0.25, 0.3) is 0 Å². The van der Waals surface area contributed by atoms with Crippen molar-refractivity contribution in [2.24, 2.45) is 5.92 Å². The molecule has 1 atom stereocenters. The van der Waals surface area contributed by atoms with Crippen molar-refractivity contribution in [3.8, 4) is 5.75 Å². The van der Waals surface area contributed by atoms with Gasteiger partial charge in [0.2, 0.25) is 0 Å². The van der Waals surface area contributed by atoms with Crippen LogP contribution in [0.4, 0.5) is 0 Å². The monoisotopic (exact) mass is 524 g/mol. The Hall–Kier alpha value is -2.93. The summed E-state index contributed by atoms with van der Waals surface area (Å²) in [6.07, 6.45) is 3.85. The predicted molar refractivity (Wildman–Crippen MR) is 151 cm³/mol. The van der Waals surface area contributed by atoms with Gasteiger partial charge < -0.3 is 14.7 Å². The first-order valence-corrected chi connectivity index (χ1v) is 13.6. The van der Waals surface area contributed by atoms with Crippen molar-refractivity contribution in [2.45, 2.75) is 72.1 Å². The molecule has 1 saturated heterocycles.